The molecule has 1 saturated heterocycles. The van der Waals surface area contributed by atoms with Gasteiger partial charge in [0.05, 0.1) is 20.8 Å². The van der Waals surface area contributed by atoms with Gasteiger partial charge >= 0.3 is 5.69 Å². The van der Waals surface area contributed by atoms with Gasteiger partial charge in [-0.2, -0.15) is 4.98 Å². The van der Waals surface area contributed by atoms with Crippen LogP contribution in [-0.2, 0) is 19.8 Å². The standard InChI is InChI=1S/C32H35N3O7/c1-20-18-35(31(37)34-29(20)33)30-28(40-4)27(36)26(42-30)19-41-32(21-8-6-5-7-9-21,22-10-14-24(38-2)15-11-22)23-12-16-25(39-3)17-13-23/h5-18,26-28,30,36H,19H2,1-4H3,(H2,33,34,37). The Balaban J connectivity index is 1.57. The lowest BCUT2D eigenvalue weighted by Crippen LogP contribution is -2.40. The molecular formula is C32H35N3O7. The summed E-state index contributed by atoms with van der Waals surface area (Å²) in [6.07, 6.45) is -2.19. The van der Waals surface area contributed by atoms with Crippen LogP contribution in [0.1, 0.15) is 28.5 Å². The number of aliphatic hydroxyl groups is 1. The van der Waals surface area contributed by atoms with E-state index in [-0.39, 0.29) is 12.4 Å². The zero-order valence-electron chi connectivity index (χ0n) is 24.0. The minimum Gasteiger partial charge on any atom is -0.497 e. The molecule has 4 unspecified atom stereocenters. The molecule has 0 amide bonds. The van der Waals surface area contributed by atoms with Crippen molar-refractivity contribution in [3.63, 3.8) is 0 Å². The fraction of sp³-hybridized carbons (Fsp3) is 0.312. The van der Waals surface area contributed by atoms with Crippen LogP contribution in [-0.4, -0.2) is 60.9 Å². The van der Waals surface area contributed by atoms with E-state index in [1.165, 1.54) is 11.7 Å². The van der Waals surface area contributed by atoms with Crippen LogP contribution in [0.4, 0.5) is 5.82 Å². The average molecular weight is 574 g/mol. The minimum absolute atomic E-state index is 0.0411. The number of methoxy groups -OCH3 is 3. The van der Waals surface area contributed by atoms with Gasteiger partial charge in [-0.15, -0.1) is 0 Å². The van der Waals surface area contributed by atoms with Crippen molar-refractivity contribution in [3.05, 3.63) is 118 Å². The minimum atomic E-state index is -1.11. The summed E-state index contributed by atoms with van der Waals surface area (Å²) in [6.45, 7) is 1.70. The molecule has 42 heavy (non-hydrogen) atoms. The number of hydrogen-bond acceptors (Lipinski definition) is 9. The van der Waals surface area contributed by atoms with Gasteiger partial charge in [-0.25, -0.2) is 4.79 Å². The molecule has 0 bridgehead atoms. The maximum absolute atomic E-state index is 12.7. The number of hydrogen-bond donors (Lipinski definition) is 2. The summed E-state index contributed by atoms with van der Waals surface area (Å²) in [7, 11) is 4.69. The summed E-state index contributed by atoms with van der Waals surface area (Å²) in [4.78, 5) is 16.6. The number of nitrogens with two attached hydrogens (primary N) is 1. The van der Waals surface area contributed by atoms with Crippen molar-refractivity contribution in [3.8, 4) is 11.5 Å². The van der Waals surface area contributed by atoms with Crippen LogP contribution < -0.4 is 20.9 Å². The van der Waals surface area contributed by atoms with Gasteiger partial charge in [0.15, 0.2) is 6.23 Å². The van der Waals surface area contributed by atoms with Crippen LogP contribution in [0.3, 0.4) is 0 Å². The molecule has 0 spiro atoms. The number of benzene rings is 3. The van der Waals surface area contributed by atoms with Crippen LogP contribution >= 0.6 is 0 Å². The normalized spacial score (nSPS) is 20.4. The number of anilines is 1. The Kier molecular flexibility index (Phi) is 8.60. The summed E-state index contributed by atoms with van der Waals surface area (Å²) in [5, 5.41) is 11.3. The van der Waals surface area contributed by atoms with Gasteiger partial charge < -0.3 is 34.5 Å². The Labute approximate surface area is 244 Å². The summed E-state index contributed by atoms with van der Waals surface area (Å²) in [5.41, 5.74) is 7.25. The van der Waals surface area contributed by atoms with Gasteiger partial charge in [-0.05, 0) is 47.9 Å². The van der Waals surface area contributed by atoms with Crippen molar-refractivity contribution in [1.29, 1.82) is 0 Å². The highest BCUT2D eigenvalue weighted by atomic mass is 16.6. The third-order valence-electron chi connectivity index (χ3n) is 7.67. The fourth-order valence-electron chi connectivity index (χ4n) is 5.38. The molecule has 10 nitrogen and oxygen atoms in total. The Morgan fingerprint density at radius 1 is 0.905 bits per heavy atom. The van der Waals surface area contributed by atoms with Gasteiger partial charge in [0.25, 0.3) is 0 Å². The number of aromatic nitrogens is 2. The maximum atomic E-state index is 12.7. The van der Waals surface area contributed by atoms with E-state index >= 15 is 0 Å². The Morgan fingerprint density at radius 2 is 1.45 bits per heavy atom. The van der Waals surface area contributed by atoms with Crippen molar-refractivity contribution in [1.82, 2.24) is 9.55 Å². The molecule has 4 atom stereocenters. The summed E-state index contributed by atoms with van der Waals surface area (Å²) < 4.78 is 30.9. The molecule has 2 heterocycles. The van der Waals surface area contributed by atoms with E-state index in [4.69, 9.17) is 29.4 Å². The van der Waals surface area contributed by atoms with E-state index in [0.717, 1.165) is 16.7 Å². The highest BCUT2D eigenvalue weighted by Gasteiger charge is 2.47. The molecule has 220 valence electrons. The van der Waals surface area contributed by atoms with E-state index in [1.54, 1.807) is 27.3 Å². The first-order valence-electron chi connectivity index (χ1n) is 13.5. The molecular weight excluding hydrogens is 538 g/mol. The largest absolute Gasteiger partial charge is 0.497 e. The molecule has 1 fully saturated rings. The predicted molar refractivity (Wildman–Crippen MR) is 157 cm³/mol. The summed E-state index contributed by atoms with van der Waals surface area (Å²) in [5.74, 6) is 1.54. The fourth-order valence-corrected chi connectivity index (χ4v) is 5.38. The van der Waals surface area contributed by atoms with Crippen LogP contribution in [0.25, 0.3) is 0 Å². The highest BCUT2D eigenvalue weighted by Crippen LogP contribution is 2.43. The van der Waals surface area contributed by atoms with Crippen molar-refractivity contribution >= 4 is 5.82 Å². The lowest BCUT2D eigenvalue weighted by molar-refractivity contribution is -0.0967. The number of aryl methyl sites for hydroxylation is 1. The molecule has 1 aliphatic heterocycles. The second kappa shape index (κ2) is 12.3. The van der Waals surface area contributed by atoms with E-state index in [0.29, 0.717) is 17.1 Å². The van der Waals surface area contributed by atoms with Crippen molar-refractivity contribution in [2.24, 2.45) is 0 Å². The SMILES string of the molecule is COc1ccc(C(OCC2OC(n3cc(C)c(N)nc3=O)C(OC)C2O)(c2ccccc2)c2ccc(OC)cc2)cc1. The quantitative estimate of drug-likeness (QED) is 0.274. The van der Waals surface area contributed by atoms with Gasteiger partial charge in [0.1, 0.15) is 41.2 Å². The monoisotopic (exact) mass is 573 g/mol. The molecule has 0 saturated carbocycles. The predicted octanol–water partition coefficient (Wildman–Crippen LogP) is 3.43. The van der Waals surface area contributed by atoms with Gasteiger partial charge in [-0.1, -0.05) is 54.6 Å². The molecule has 3 aromatic carbocycles. The second-order valence-electron chi connectivity index (χ2n) is 10.1. The Bertz CT molecular complexity index is 1490. The van der Waals surface area contributed by atoms with Crippen LogP contribution in [0.15, 0.2) is 89.9 Å². The van der Waals surface area contributed by atoms with E-state index in [2.05, 4.69) is 4.98 Å². The molecule has 3 N–H and O–H groups in total. The number of aliphatic hydroxyl groups excluding tert-OH is 1. The second-order valence-corrected chi connectivity index (χ2v) is 10.1. The van der Waals surface area contributed by atoms with Crippen molar-refractivity contribution < 1.29 is 28.8 Å². The van der Waals surface area contributed by atoms with E-state index in [1.807, 2.05) is 78.9 Å². The van der Waals surface area contributed by atoms with Crippen LogP contribution in [0.2, 0.25) is 0 Å². The van der Waals surface area contributed by atoms with Gasteiger partial charge in [-0.3, -0.25) is 4.57 Å². The molecule has 1 aromatic heterocycles. The molecule has 0 radical (unpaired) electrons. The number of nitrogen functional groups attached to an aromatic ring is 1. The third kappa shape index (κ3) is 5.37. The topological polar surface area (TPSA) is 127 Å². The summed E-state index contributed by atoms with van der Waals surface area (Å²) in [6, 6.07) is 25.1. The van der Waals surface area contributed by atoms with E-state index in [9.17, 15) is 9.90 Å². The Morgan fingerprint density at radius 3 is 1.98 bits per heavy atom. The smallest absolute Gasteiger partial charge is 0.351 e. The molecule has 4 aromatic rings. The molecule has 0 aliphatic carbocycles. The van der Waals surface area contributed by atoms with Crippen LogP contribution in [0.5, 0.6) is 11.5 Å². The summed E-state index contributed by atoms with van der Waals surface area (Å²) >= 11 is 0. The molecule has 10 heteroatoms. The van der Waals surface area contributed by atoms with Crippen LogP contribution in [0, 0.1) is 6.92 Å². The molecule has 5 rings (SSSR count). The van der Waals surface area contributed by atoms with Gasteiger partial charge in [0, 0.05) is 18.9 Å². The first kappa shape index (κ1) is 29.3. The Hall–Kier alpha value is -4.22. The first-order chi connectivity index (χ1) is 20.3. The first-order valence-corrected chi connectivity index (χ1v) is 13.5. The lowest BCUT2D eigenvalue weighted by atomic mass is 9.80. The van der Waals surface area contributed by atoms with Crippen molar-refractivity contribution in [2.45, 2.75) is 37.1 Å². The third-order valence-corrected chi connectivity index (χ3v) is 7.67. The molecule has 1 aliphatic rings. The average Bonchev–Trinajstić information content (AvgIpc) is 3.34. The zero-order valence-corrected chi connectivity index (χ0v) is 24.0. The number of nitrogens with zero attached hydrogens (tertiary/aromatic N) is 2. The highest BCUT2D eigenvalue weighted by molar-refractivity contribution is 5.49. The zero-order chi connectivity index (χ0) is 29.9. The number of ether oxygens (including phenoxy) is 5. The number of rotatable bonds is 10. The van der Waals surface area contributed by atoms with Gasteiger partial charge in [0.2, 0.25) is 0 Å². The van der Waals surface area contributed by atoms with E-state index < -0.39 is 35.8 Å². The maximum Gasteiger partial charge on any atom is 0.351 e. The van der Waals surface area contributed by atoms with Crippen molar-refractivity contribution in [2.75, 3.05) is 33.7 Å². The lowest BCUT2D eigenvalue weighted by Gasteiger charge is -2.37.